The van der Waals surface area contributed by atoms with E-state index < -0.39 is 5.54 Å². The monoisotopic (exact) mass is 284 g/mol. The fourth-order valence-corrected chi connectivity index (χ4v) is 3.90. The van der Waals surface area contributed by atoms with E-state index in [1.54, 1.807) is 0 Å². The first-order valence-electron chi connectivity index (χ1n) is 7.57. The van der Waals surface area contributed by atoms with E-state index in [0.29, 0.717) is 12.5 Å². The SMILES string of the molecule is CC(C)CC(CO)NC(=O)C1(N)C2CCOC2C1(C)C. The Hall–Kier alpha value is -0.650. The predicted octanol–water partition coefficient (Wildman–Crippen LogP) is 0.652. The zero-order chi connectivity index (χ0) is 15.1. The average Bonchev–Trinajstić information content (AvgIpc) is 2.84. The lowest BCUT2D eigenvalue weighted by Crippen LogP contribution is -2.80. The number of ether oxygens (including phenoxy) is 1. The van der Waals surface area contributed by atoms with Gasteiger partial charge in [-0.05, 0) is 18.8 Å². The number of fused-ring (bicyclic) bond motifs is 1. The van der Waals surface area contributed by atoms with Gasteiger partial charge in [0.05, 0.1) is 18.8 Å². The fraction of sp³-hybridized carbons (Fsp3) is 0.933. The third kappa shape index (κ3) is 2.16. The molecule has 5 nitrogen and oxygen atoms in total. The molecular weight excluding hydrogens is 256 g/mol. The highest BCUT2D eigenvalue weighted by atomic mass is 16.5. The third-order valence-electron chi connectivity index (χ3n) is 5.14. The number of carbonyl (C=O) groups is 1. The van der Waals surface area contributed by atoms with Crippen molar-refractivity contribution >= 4 is 5.91 Å². The first kappa shape index (κ1) is 15.7. The first-order valence-corrected chi connectivity index (χ1v) is 7.57. The smallest absolute Gasteiger partial charge is 0.241 e. The van der Waals surface area contributed by atoms with Crippen molar-refractivity contribution in [1.82, 2.24) is 5.32 Å². The molecule has 0 bridgehead atoms. The van der Waals surface area contributed by atoms with E-state index in [1.165, 1.54) is 0 Å². The van der Waals surface area contributed by atoms with Crippen LogP contribution in [0.1, 0.15) is 40.5 Å². The van der Waals surface area contributed by atoms with Crippen molar-refractivity contribution < 1.29 is 14.6 Å². The maximum absolute atomic E-state index is 12.7. The predicted molar refractivity (Wildman–Crippen MR) is 77.0 cm³/mol. The molecule has 0 aromatic carbocycles. The van der Waals surface area contributed by atoms with Gasteiger partial charge in [0, 0.05) is 17.9 Å². The van der Waals surface area contributed by atoms with Crippen molar-refractivity contribution in [2.45, 2.75) is 58.2 Å². The van der Waals surface area contributed by atoms with Crippen LogP contribution in [0.5, 0.6) is 0 Å². The summed E-state index contributed by atoms with van der Waals surface area (Å²) in [6, 6.07) is -0.222. The summed E-state index contributed by atoms with van der Waals surface area (Å²) in [5, 5.41) is 12.4. The van der Waals surface area contributed by atoms with Crippen LogP contribution in [0.2, 0.25) is 0 Å². The quantitative estimate of drug-likeness (QED) is 0.692. The van der Waals surface area contributed by atoms with Crippen molar-refractivity contribution in [3.63, 3.8) is 0 Å². The summed E-state index contributed by atoms with van der Waals surface area (Å²) >= 11 is 0. The fourth-order valence-electron chi connectivity index (χ4n) is 3.90. The second-order valence-electron chi connectivity index (χ2n) is 7.26. The van der Waals surface area contributed by atoms with Crippen LogP contribution in [-0.4, -0.2) is 41.9 Å². The van der Waals surface area contributed by atoms with Crippen LogP contribution in [0.25, 0.3) is 0 Å². The number of nitrogens with two attached hydrogens (primary N) is 1. The van der Waals surface area contributed by atoms with Gasteiger partial charge in [-0.1, -0.05) is 27.7 Å². The molecule has 4 unspecified atom stereocenters. The second-order valence-corrected chi connectivity index (χ2v) is 7.26. The molecule has 1 saturated carbocycles. The van der Waals surface area contributed by atoms with Crippen molar-refractivity contribution in [1.29, 1.82) is 0 Å². The number of aliphatic hydroxyl groups excluding tert-OH is 1. The van der Waals surface area contributed by atoms with Gasteiger partial charge in [-0.15, -0.1) is 0 Å². The lowest BCUT2D eigenvalue weighted by molar-refractivity contribution is -0.176. The molecule has 0 radical (unpaired) electrons. The number of hydrogen-bond donors (Lipinski definition) is 3. The van der Waals surface area contributed by atoms with Crippen molar-refractivity contribution in [2.75, 3.05) is 13.2 Å². The minimum Gasteiger partial charge on any atom is -0.394 e. The summed E-state index contributed by atoms with van der Waals surface area (Å²) in [4.78, 5) is 12.7. The Morgan fingerprint density at radius 1 is 1.50 bits per heavy atom. The normalized spacial score (nSPS) is 36.4. The molecule has 1 amide bonds. The van der Waals surface area contributed by atoms with Gasteiger partial charge in [-0.3, -0.25) is 4.79 Å². The molecule has 2 rings (SSSR count). The molecule has 4 N–H and O–H groups in total. The summed E-state index contributed by atoms with van der Waals surface area (Å²) < 4.78 is 5.70. The number of rotatable bonds is 5. The van der Waals surface area contributed by atoms with Crippen LogP contribution in [0.4, 0.5) is 0 Å². The molecule has 1 heterocycles. The van der Waals surface area contributed by atoms with Crippen LogP contribution in [0.3, 0.4) is 0 Å². The summed E-state index contributed by atoms with van der Waals surface area (Å²) in [6.45, 7) is 8.76. The molecule has 1 aliphatic heterocycles. The molecule has 4 atom stereocenters. The molecule has 1 aliphatic carbocycles. The van der Waals surface area contributed by atoms with Crippen LogP contribution < -0.4 is 11.1 Å². The van der Waals surface area contributed by atoms with Gasteiger partial charge >= 0.3 is 0 Å². The molecule has 0 spiro atoms. The van der Waals surface area contributed by atoms with Crippen molar-refractivity contribution in [3.05, 3.63) is 0 Å². The largest absolute Gasteiger partial charge is 0.394 e. The Labute approximate surface area is 121 Å². The zero-order valence-corrected chi connectivity index (χ0v) is 13.0. The molecular formula is C15H28N2O3. The highest BCUT2D eigenvalue weighted by Crippen LogP contribution is 2.58. The van der Waals surface area contributed by atoms with Gasteiger partial charge < -0.3 is 20.9 Å². The van der Waals surface area contributed by atoms with Gasteiger partial charge in [0.25, 0.3) is 0 Å². The topological polar surface area (TPSA) is 84.6 Å². The minimum atomic E-state index is -0.890. The van der Waals surface area contributed by atoms with Crippen LogP contribution in [-0.2, 0) is 9.53 Å². The van der Waals surface area contributed by atoms with Crippen LogP contribution in [0, 0.1) is 17.3 Å². The Balaban J connectivity index is 2.08. The second kappa shape index (κ2) is 5.28. The first-order chi connectivity index (χ1) is 9.25. The van der Waals surface area contributed by atoms with Crippen molar-refractivity contribution in [2.24, 2.45) is 23.0 Å². The van der Waals surface area contributed by atoms with Gasteiger partial charge in [0.2, 0.25) is 5.91 Å². The summed E-state index contributed by atoms with van der Waals surface area (Å²) in [7, 11) is 0. The standard InChI is InChI=1S/C15H28N2O3/c1-9(2)7-10(8-18)17-13(19)15(16)11-5-6-20-12(11)14(15,3)4/h9-12,18H,5-8,16H2,1-4H3,(H,17,19). The number of amides is 1. The van der Waals surface area contributed by atoms with E-state index in [1.807, 2.05) is 13.8 Å². The summed E-state index contributed by atoms with van der Waals surface area (Å²) in [5.74, 6) is 0.364. The molecule has 116 valence electrons. The number of aliphatic hydroxyl groups is 1. The van der Waals surface area contributed by atoms with Crippen molar-refractivity contribution in [3.8, 4) is 0 Å². The molecule has 2 fully saturated rings. The molecule has 0 aromatic heterocycles. The van der Waals surface area contributed by atoms with Gasteiger partial charge in [-0.25, -0.2) is 0 Å². The Kier molecular flexibility index (Phi) is 4.15. The summed E-state index contributed by atoms with van der Waals surface area (Å²) in [5.41, 5.74) is 5.21. The lowest BCUT2D eigenvalue weighted by atomic mass is 9.48. The van der Waals surface area contributed by atoms with Gasteiger partial charge in [0.15, 0.2) is 0 Å². The Morgan fingerprint density at radius 3 is 2.70 bits per heavy atom. The Bertz CT molecular complexity index is 383. The molecule has 0 aromatic rings. The Morgan fingerprint density at radius 2 is 2.15 bits per heavy atom. The molecule has 1 saturated heterocycles. The maximum Gasteiger partial charge on any atom is 0.241 e. The number of carbonyl (C=O) groups excluding carboxylic acids is 1. The van der Waals surface area contributed by atoms with E-state index in [0.717, 1.165) is 12.8 Å². The molecule has 20 heavy (non-hydrogen) atoms. The summed E-state index contributed by atoms with van der Waals surface area (Å²) in [6.07, 6.45) is 1.67. The van der Waals surface area contributed by atoms with E-state index >= 15 is 0 Å². The van der Waals surface area contributed by atoms with Crippen LogP contribution in [0.15, 0.2) is 0 Å². The third-order valence-corrected chi connectivity index (χ3v) is 5.14. The van der Waals surface area contributed by atoms with E-state index in [9.17, 15) is 9.90 Å². The number of hydrogen-bond acceptors (Lipinski definition) is 4. The maximum atomic E-state index is 12.7. The highest BCUT2D eigenvalue weighted by molar-refractivity contribution is 5.89. The van der Waals surface area contributed by atoms with E-state index in [2.05, 4.69) is 19.2 Å². The van der Waals surface area contributed by atoms with Gasteiger partial charge in [-0.2, -0.15) is 0 Å². The molecule has 5 heteroatoms. The van der Waals surface area contributed by atoms with E-state index in [4.69, 9.17) is 10.5 Å². The molecule has 2 aliphatic rings. The zero-order valence-electron chi connectivity index (χ0n) is 13.0. The lowest BCUT2D eigenvalue weighted by Gasteiger charge is -2.60. The van der Waals surface area contributed by atoms with Gasteiger partial charge in [0.1, 0.15) is 5.54 Å². The average molecular weight is 284 g/mol. The minimum absolute atomic E-state index is 0.0506. The van der Waals surface area contributed by atoms with Crippen LogP contribution >= 0.6 is 0 Å². The number of nitrogens with one attached hydrogen (secondary N) is 1. The van der Waals surface area contributed by atoms with E-state index in [-0.39, 0.29) is 36.0 Å². The highest BCUT2D eigenvalue weighted by Gasteiger charge is 2.71.